The number of aromatic nitrogens is 4. The van der Waals surface area contributed by atoms with Crippen LogP contribution in [0.15, 0.2) is 42.7 Å². The van der Waals surface area contributed by atoms with Crippen molar-refractivity contribution >= 4 is 38.5 Å². The van der Waals surface area contributed by atoms with Gasteiger partial charge in [-0.25, -0.2) is 24.3 Å². The lowest BCUT2D eigenvalue weighted by molar-refractivity contribution is 0.132. The molecule has 8 nitrogen and oxygen atoms in total. The molecule has 35 heavy (non-hydrogen) atoms. The van der Waals surface area contributed by atoms with Crippen LogP contribution in [-0.4, -0.2) is 76.6 Å². The second-order valence-electron chi connectivity index (χ2n) is 8.85. The van der Waals surface area contributed by atoms with Crippen molar-refractivity contribution in [3.63, 3.8) is 0 Å². The minimum Gasteiger partial charge on any atom is -0.354 e. The molecular weight excluding hydrogens is 463 g/mol. The highest BCUT2D eigenvalue weighted by Gasteiger charge is 2.16. The first kappa shape index (κ1) is 23.5. The van der Waals surface area contributed by atoms with Crippen LogP contribution in [0.25, 0.3) is 21.5 Å². The molecule has 0 radical (unpaired) electrons. The molecule has 0 unspecified atom stereocenters. The van der Waals surface area contributed by atoms with Gasteiger partial charge >= 0.3 is 0 Å². The number of piperazine rings is 1. The molecule has 5 rings (SSSR count). The van der Waals surface area contributed by atoms with Gasteiger partial charge in [0, 0.05) is 58.6 Å². The molecule has 1 aliphatic rings. The van der Waals surface area contributed by atoms with Crippen molar-refractivity contribution in [1.82, 2.24) is 29.7 Å². The maximum atomic E-state index is 14.7. The van der Waals surface area contributed by atoms with E-state index in [1.165, 1.54) is 6.20 Å². The second-order valence-corrected chi connectivity index (χ2v) is 9.86. The fourth-order valence-corrected chi connectivity index (χ4v) is 5.04. The van der Waals surface area contributed by atoms with Crippen LogP contribution in [-0.2, 0) is 6.54 Å². The topological polar surface area (TPSA) is 73.3 Å². The molecule has 4 aromatic rings. The average molecular weight is 493 g/mol. The Morgan fingerprint density at radius 1 is 1.00 bits per heavy atom. The summed E-state index contributed by atoms with van der Waals surface area (Å²) in [5.74, 6) is 0.449. The van der Waals surface area contributed by atoms with E-state index in [0.29, 0.717) is 17.3 Å². The number of halogens is 1. The third-order valence-corrected chi connectivity index (χ3v) is 7.35. The summed E-state index contributed by atoms with van der Waals surface area (Å²) in [6.45, 7) is 8.58. The van der Waals surface area contributed by atoms with Gasteiger partial charge in [0.15, 0.2) is 10.9 Å². The lowest BCUT2D eigenvalue weighted by Gasteiger charge is -2.33. The van der Waals surface area contributed by atoms with Gasteiger partial charge in [-0.3, -0.25) is 4.90 Å². The van der Waals surface area contributed by atoms with E-state index in [2.05, 4.69) is 48.0 Å². The Hall–Kier alpha value is -3.21. The predicted octanol–water partition coefficient (Wildman–Crippen LogP) is 4.23. The third-order valence-electron chi connectivity index (χ3n) is 6.16. The number of likely N-dealkylation sites (N-methyl/N-ethyl adjacent to an activating group) is 1. The Kier molecular flexibility index (Phi) is 6.85. The van der Waals surface area contributed by atoms with Gasteiger partial charge in [0.25, 0.3) is 0 Å². The largest absolute Gasteiger partial charge is 0.354 e. The molecule has 0 aliphatic carbocycles. The summed E-state index contributed by atoms with van der Waals surface area (Å²) in [4.78, 5) is 24.5. The minimum absolute atomic E-state index is 0.243. The van der Waals surface area contributed by atoms with E-state index in [4.69, 9.17) is 0 Å². The third kappa shape index (κ3) is 5.39. The summed E-state index contributed by atoms with van der Waals surface area (Å²) in [7, 11) is 3.91. The molecule has 1 aliphatic heterocycles. The molecule has 1 aromatic carbocycles. The molecule has 1 fully saturated rings. The molecular formula is C25H29FN8S. The monoisotopic (exact) mass is 492 g/mol. The van der Waals surface area contributed by atoms with Crippen molar-refractivity contribution in [1.29, 1.82) is 0 Å². The first-order chi connectivity index (χ1) is 17.0. The maximum absolute atomic E-state index is 14.7. The van der Waals surface area contributed by atoms with E-state index >= 15 is 0 Å². The molecule has 3 aromatic heterocycles. The van der Waals surface area contributed by atoms with Crippen molar-refractivity contribution in [3.8, 4) is 11.3 Å². The highest BCUT2D eigenvalue weighted by Crippen LogP contribution is 2.32. The standard InChI is InChI=1S/C25H29FN8S/c1-4-33-9-11-34(12-10-33)16-17-5-8-22(27-14-17)30-24-28-15-19(26)23(31-24)18-6-7-20-21(13-18)35-25(29-20)32(2)3/h5-8,13-15H,4,9-12,16H2,1-3H3,(H,27,28,30,31). The van der Waals surface area contributed by atoms with Crippen molar-refractivity contribution in [2.45, 2.75) is 13.5 Å². The van der Waals surface area contributed by atoms with Crippen LogP contribution < -0.4 is 10.2 Å². The summed E-state index contributed by atoms with van der Waals surface area (Å²) < 4.78 is 15.6. The SMILES string of the molecule is CCN1CCN(Cc2ccc(Nc3ncc(F)c(-c4ccc5nc(N(C)C)sc5c4)n3)nc2)CC1. The molecule has 0 saturated carbocycles. The molecule has 1 N–H and O–H groups in total. The normalized spacial score (nSPS) is 15.0. The quantitative estimate of drug-likeness (QED) is 0.411. The summed E-state index contributed by atoms with van der Waals surface area (Å²) in [6.07, 6.45) is 3.07. The van der Waals surface area contributed by atoms with Gasteiger partial charge in [-0.15, -0.1) is 0 Å². The lowest BCUT2D eigenvalue weighted by atomic mass is 10.1. The molecule has 182 valence electrons. The predicted molar refractivity (Wildman–Crippen MR) is 140 cm³/mol. The molecule has 10 heteroatoms. The number of anilines is 3. The zero-order valence-electron chi connectivity index (χ0n) is 20.2. The Bertz CT molecular complexity index is 1300. The van der Waals surface area contributed by atoms with Crippen LogP contribution in [0.1, 0.15) is 12.5 Å². The fourth-order valence-electron chi connectivity index (χ4n) is 4.11. The van der Waals surface area contributed by atoms with Gasteiger partial charge in [0.05, 0.1) is 16.4 Å². The number of nitrogens with zero attached hydrogens (tertiary/aromatic N) is 7. The van der Waals surface area contributed by atoms with E-state index in [-0.39, 0.29) is 5.69 Å². The first-order valence-corrected chi connectivity index (χ1v) is 12.6. The summed E-state index contributed by atoms with van der Waals surface area (Å²) in [5.41, 5.74) is 2.97. The Labute approximate surface area is 208 Å². The number of hydrogen-bond donors (Lipinski definition) is 1. The number of benzene rings is 1. The molecule has 0 atom stereocenters. The van der Waals surface area contributed by atoms with Crippen LogP contribution in [0.2, 0.25) is 0 Å². The van der Waals surface area contributed by atoms with E-state index in [0.717, 1.165) is 60.2 Å². The number of thiazole rings is 1. The first-order valence-electron chi connectivity index (χ1n) is 11.8. The van der Waals surface area contributed by atoms with Crippen LogP contribution in [0.3, 0.4) is 0 Å². The van der Waals surface area contributed by atoms with Crippen LogP contribution >= 0.6 is 11.3 Å². The number of rotatable bonds is 7. The zero-order valence-corrected chi connectivity index (χ0v) is 21.0. The highest BCUT2D eigenvalue weighted by atomic mass is 32.1. The van der Waals surface area contributed by atoms with Crippen molar-refractivity contribution in [2.75, 3.05) is 57.0 Å². The number of fused-ring (bicyclic) bond motifs is 1. The Morgan fingerprint density at radius 3 is 2.51 bits per heavy atom. The summed E-state index contributed by atoms with van der Waals surface area (Å²) in [6, 6.07) is 9.63. The van der Waals surface area contributed by atoms with Gasteiger partial charge < -0.3 is 15.1 Å². The minimum atomic E-state index is -0.473. The van der Waals surface area contributed by atoms with Gasteiger partial charge in [-0.1, -0.05) is 30.4 Å². The van der Waals surface area contributed by atoms with Crippen molar-refractivity contribution < 1.29 is 4.39 Å². The van der Waals surface area contributed by atoms with Gasteiger partial charge in [0.1, 0.15) is 11.5 Å². The lowest BCUT2D eigenvalue weighted by Crippen LogP contribution is -2.45. The second kappa shape index (κ2) is 10.2. The van der Waals surface area contributed by atoms with Gasteiger partial charge in [0.2, 0.25) is 5.95 Å². The molecule has 0 amide bonds. The highest BCUT2D eigenvalue weighted by molar-refractivity contribution is 7.22. The Morgan fingerprint density at radius 2 is 1.80 bits per heavy atom. The van der Waals surface area contributed by atoms with E-state index < -0.39 is 5.82 Å². The van der Waals surface area contributed by atoms with Crippen molar-refractivity contribution in [3.05, 3.63) is 54.1 Å². The van der Waals surface area contributed by atoms with Crippen LogP contribution in [0, 0.1) is 5.82 Å². The average Bonchev–Trinajstić information content (AvgIpc) is 3.31. The number of nitrogens with one attached hydrogen (secondary N) is 1. The zero-order chi connectivity index (χ0) is 24.4. The summed E-state index contributed by atoms with van der Waals surface area (Å²) in [5, 5.41) is 4.01. The van der Waals surface area contributed by atoms with E-state index in [9.17, 15) is 4.39 Å². The molecule has 4 heterocycles. The molecule has 0 bridgehead atoms. The summed E-state index contributed by atoms with van der Waals surface area (Å²) >= 11 is 1.56. The fraction of sp³-hybridized carbons (Fsp3) is 0.360. The molecule has 1 saturated heterocycles. The van der Waals surface area contributed by atoms with E-state index in [1.54, 1.807) is 11.3 Å². The van der Waals surface area contributed by atoms with Crippen LogP contribution in [0.5, 0.6) is 0 Å². The number of pyridine rings is 1. The van der Waals surface area contributed by atoms with Crippen LogP contribution in [0.4, 0.5) is 21.3 Å². The smallest absolute Gasteiger partial charge is 0.229 e. The van der Waals surface area contributed by atoms with E-state index in [1.807, 2.05) is 49.5 Å². The maximum Gasteiger partial charge on any atom is 0.229 e. The van der Waals surface area contributed by atoms with Gasteiger partial charge in [-0.05, 0) is 30.3 Å². The molecule has 0 spiro atoms. The van der Waals surface area contributed by atoms with Gasteiger partial charge in [-0.2, -0.15) is 0 Å². The Balaban J connectivity index is 1.29. The van der Waals surface area contributed by atoms with Crippen molar-refractivity contribution in [2.24, 2.45) is 0 Å². The number of hydrogen-bond acceptors (Lipinski definition) is 9.